The van der Waals surface area contributed by atoms with Gasteiger partial charge in [0, 0.05) is 13.0 Å². The second-order valence-corrected chi connectivity index (χ2v) is 6.10. The number of aryl methyl sites for hydroxylation is 2. The Balaban J connectivity index is 2.39. The van der Waals surface area contributed by atoms with Crippen LogP contribution in [0.1, 0.15) is 36.4 Å². The Kier molecular flexibility index (Phi) is 4.50. The highest BCUT2D eigenvalue weighted by Crippen LogP contribution is 2.30. The van der Waals surface area contributed by atoms with Gasteiger partial charge in [-0.05, 0) is 54.4 Å². The normalized spacial score (nSPS) is 13.7. The number of rotatable bonds is 4. The predicted molar refractivity (Wildman–Crippen MR) is 84.8 cm³/mol. The van der Waals surface area contributed by atoms with E-state index >= 15 is 0 Å². The number of nitrogens with zero attached hydrogens (tertiary/aromatic N) is 3. The zero-order valence-corrected chi connectivity index (χ0v) is 14.0. The van der Waals surface area contributed by atoms with Gasteiger partial charge in [-0.25, -0.2) is 0 Å². The first-order valence-corrected chi connectivity index (χ1v) is 7.63. The molecule has 1 N–H and O–H groups in total. The second kappa shape index (κ2) is 6.00. The van der Waals surface area contributed by atoms with Crippen molar-refractivity contribution in [3.05, 3.63) is 51.3 Å². The van der Waals surface area contributed by atoms with Crippen LogP contribution in [0, 0.1) is 18.3 Å². The van der Waals surface area contributed by atoms with Crippen molar-refractivity contribution < 1.29 is 5.11 Å². The van der Waals surface area contributed by atoms with E-state index in [0.717, 1.165) is 28.0 Å². The summed E-state index contributed by atoms with van der Waals surface area (Å²) in [6.45, 7) is 6.46. The average molecular weight is 348 g/mol. The first kappa shape index (κ1) is 15.7. The largest absolute Gasteiger partial charge is 0.385 e. The van der Waals surface area contributed by atoms with E-state index in [1.165, 1.54) is 0 Å². The molecule has 0 bridgehead atoms. The lowest BCUT2D eigenvalue weighted by molar-refractivity contribution is 0.0552. The van der Waals surface area contributed by atoms with Gasteiger partial charge in [-0.1, -0.05) is 12.1 Å². The fourth-order valence-corrected chi connectivity index (χ4v) is 2.81. The second-order valence-electron chi connectivity index (χ2n) is 5.31. The Morgan fingerprint density at radius 3 is 2.81 bits per heavy atom. The zero-order valence-electron chi connectivity index (χ0n) is 12.4. The molecule has 0 amide bonds. The van der Waals surface area contributed by atoms with Crippen molar-refractivity contribution in [2.75, 3.05) is 0 Å². The van der Waals surface area contributed by atoms with Crippen LogP contribution in [-0.2, 0) is 18.6 Å². The van der Waals surface area contributed by atoms with Gasteiger partial charge in [0.2, 0.25) is 0 Å². The molecule has 110 valence electrons. The van der Waals surface area contributed by atoms with Crippen molar-refractivity contribution in [1.82, 2.24) is 9.78 Å². The van der Waals surface area contributed by atoms with Crippen molar-refractivity contribution in [2.24, 2.45) is 0 Å². The van der Waals surface area contributed by atoms with E-state index < -0.39 is 5.60 Å². The number of hydrogen-bond acceptors (Lipinski definition) is 3. The van der Waals surface area contributed by atoms with Crippen LogP contribution >= 0.6 is 15.9 Å². The van der Waals surface area contributed by atoms with Crippen molar-refractivity contribution in [3.8, 4) is 6.07 Å². The Morgan fingerprint density at radius 1 is 1.48 bits per heavy atom. The topological polar surface area (TPSA) is 61.8 Å². The first-order valence-electron chi connectivity index (χ1n) is 6.84. The summed E-state index contributed by atoms with van der Waals surface area (Å²) >= 11 is 3.55. The van der Waals surface area contributed by atoms with Gasteiger partial charge in [-0.15, -0.1) is 0 Å². The monoisotopic (exact) mass is 347 g/mol. The standard InChI is InChI=1S/C16H18BrN3O/c1-4-20-14(15(17)11(2)19-20)9-16(3,21)13-7-5-6-12(8-13)10-18/h5-8,21H,4,9H2,1-3H3. The summed E-state index contributed by atoms with van der Waals surface area (Å²) in [6, 6.07) is 9.20. The molecular weight excluding hydrogens is 330 g/mol. The molecule has 1 aromatic heterocycles. The van der Waals surface area contributed by atoms with Gasteiger partial charge in [0.15, 0.2) is 0 Å². The molecule has 0 aliphatic heterocycles. The SMILES string of the molecule is CCn1nc(C)c(Br)c1CC(C)(O)c1cccc(C#N)c1. The molecule has 0 saturated carbocycles. The lowest BCUT2D eigenvalue weighted by Gasteiger charge is -2.24. The van der Waals surface area contributed by atoms with Crippen LogP contribution in [0.2, 0.25) is 0 Å². The summed E-state index contributed by atoms with van der Waals surface area (Å²) in [6.07, 6.45) is 0.428. The number of aromatic nitrogens is 2. The maximum Gasteiger partial charge on any atom is 0.0991 e. The van der Waals surface area contributed by atoms with E-state index in [2.05, 4.69) is 27.1 Å². The molecule has 1 aromatic carbocycles. The minimum atomic E-state index is -1.06. The van der Waals surface area contributed by atoms with Gasteiger partial charge in [0.25, 0.3) is 0 Å². The summed E-state index contributed by atoms with van der Waals surface area (Å²) in [7, 11) is 0. The third kappa shape index (κ3) is 3.17. The fraction of sp³-hybridized carbons (Fsp3) is 0.375. The van der Waals surface area contributed by atoms with Crippen LogP contribution in [0.25, 0.3) is 0 Å². The number of benzene rings is 1. The lowest BCUT2D eigenvalue weighted by Crippen LogP contribution is -2.26. The highest BCUT2D eigenvalue weighted by atomic mass is 79.9. The number of halogens is 1. The lowest BCUT2D eigenvalue weighted by atomic mass is 9.90. The van der Waals surface area contributed by atoms with Gasteiger partial charge in [0.05, 0.1) is 33.1 Å². The molecule has 2 aromatic rings. The van der Waals surface area contributed by atoms with Crippen molar-refractivity contribution >= 4 is 15.9 Å². The number of nitriles is 1. The molecular formula is C16H18BrN3O. The molecule has 21 heavy (non-hydrogen) atoms. The molecule has 0 aliphatic carbocycles. The van der Waals surface area contributed by atoms with Crippen molar-refractivity contribution in [1.29, 1.82) is 5.26 Å². The van der Waals surface area contributed by atoms with Crippen LogP contribution in [-0.4, -0.2) is 14.9 Å². The van der Waals surface area contributed by atoms with Crippen LogP contribution in [0.4, 0.5) is 0 Å². The molecule has 2 rings (SSSR count). The third-order valence-corrected chi connectivity index (χ3v) is 4.61. The van der Waals surface area contributed by atoms with Crippen molar-refractivity contribution in [3.63, 3.8) is 0 Å². The van der Waals surface area contributed by atoms with Crippen LogP contribution in [0.5, 0.6) is 0 Å². The first-order chi connectivity index (χ1) is 9.89. The molecule has 0 spiro atoms. The fourth-order valence-electron chi connectivity index (χ4n) is 2.39. The molecule has 0 fully saturated rings. The van der Waals surface area contributed by atoms with Gasteiger partial charge in [0.1, 0.15) is 0 Å². The minimum absolute atomic E-state index is 0.428. The maximum absolute atomic E-state index is 10.8. The predicted octanol–water partition coefficient (Wildman–Crippen LogP) is 3.30. The van der Waals surface area contributed by atoms with Crippen LogP contribution in [0.3, 0.4) is 0 Å². The van der Waals surface area contributed by atoms with Crippen LogP contribution in [0.15, 0.2) is 28.7 Å². The molecule has 5 heteroatoms. The molecule has 0 saturated heterocycles. The summed E-state index contributed by atoms with van der Waals surface area (Å²) in [5.74, 6) is 0. The summed E-state index contributed by atoms with van der Waals surface area (Å²) in [5.41, 5.74) is 2.09. The van der Waals surface area contributed by atoms with E-state index in [4.69, 9.17) is 5.26 Å². The zero-order chi connectivity index (χ0) is 15.6. The Morgan fingerprint density at radius 2 is 2.19 bits per heavy atom. The summed E-state index contributed by atoms with van der Waals surface area (Å²) in [4.78, 5) is 0. The quantitative estimate of drug-likeness (QED) is 0.922. The highest BCUT2D eigenvalue weighted by Gasteiger charge is 2.27. The molecule has 4 nitrogen and oxygen atoms in total. The van der Waals surface area contributed by atoms with E-state index in [-0.39, 0.29) is 0 Å². The number of aliphatic hydroxyl groups is 1. The molecule has 0 radical (unpaired) electrons. The van der Waals surface area contributed by atoms with Crippen molar-refractivity contribution in [2.45, 2.75) is 39.3 Å². The Bertz CT molecular complexity index is 698. The molecule has 1 unspecified atom stereocenters. The van der Waals surface area contributed by atoms with E-state index in [0.29, 0.717) is 12.0 Å². The van der Waals surface area contributed by atoms with Gasteiger partial charge < -0.3 is 5.11 Å². The highest BCUT2D eigenvalue weighted by molar-refractivity contribution is 9.10. The third-order valence-electron chi connectivity index (χ3n) is 3.58. The Hall–Kier alpha value is -1.64. The number of hydrogen-bond donors (Lipinski definition) is 1. The van der Waals surface area contributed by atoms with Gasteiger partial charge >= 0.3 is 0 Å². The smallest absolute Gasteiger partial charge is 0.0991 e. The maximum atomic E-state index is 10.8. The van der Waals surface area contributed by atoms with E-state index in [1.54, 1.807) is 25.1 Å². The summed E-state index contributed by atoms with van der Waals surface area (Å²) < 4.78 is 2.82. The minimum Gasteiger partial charge on any atom is -0.385 e. The molecule has 0 aliphatic rings. The van der Waals surface area contributed by atoms with E-state index in [9.17, 15) is 5.11 Å². The van der Waals surface area contributed by atoms with Gasteiger partial charge in [-0.3, -0.25) is 4.68 Å². The molecule has 1 heterocycles. The molecule has 1 atom stereocenters. The van der Waals surface area contributed by atoms with Crippen LogP contribution < -0.4 is 0 Å². The average Bonchev–Trinajstić information content (AvgIpc) is 2.74. The van der Waals surface area contributed by atoms with Gasteiger partial charge in [-0.2, -0.15) is 10.4 Å². The summed E-state index contributed by atoms with van der Waals surface area (Å²) in [5, 5.41) is 24.3. The van der Waals surface area contributed by atoms with E-state index in [1.807, 2.05) is 24.6 Å². The Labute approximate surface area is 133 Å².